The molecule has 0 aliphatic carbocycles. The Kier molecular flexibility index (Phi) is 4.88. The minimum absolute atomic E-state index is 0.0223. The van der Waals surface area contributed by atoms with Crippen molar-refractivity contribution in [2.75, 3.05) is 11.9 Å². The zero-order valence-electron chi connectivity index (χ0n) is 13.3. The topological polar surface area (TPSA) is 63.6 Å². The second kappa shape index (κ2) is 7.25. The Morgan fingerprint density at radius 3 is 2.54 bits per heavy atom. The molecule has 3 aromatic rings. The number of rotatable bonds is 6. The molecule has 0 saturated heterocycles. The van der Waals surface area contributed by atoms with Gasteiger partial charge in [-0.1, -0.05) is 19.8 Å². The number of unbranched alkanes of at least 4 members (excludes halogenated alkanes) is 2. The van der Waals surface area contributed by atoms with E-state index in [9.17, 15) is 8.78 Å². The van der Waals surface area contributed by atoms with Gasteiger partial charge >= 0.3 is 0 Å². The summed E-state index contributed by atoms with van der Waals surface area (Å²) in [5, 5.41) is 4.00. The van der Waals surface area contributed by atoms with Gasteiger partial charge in [0.25, 0.3) is 0 Å². The van der Waals surface area contributed by atoms with Crippen LogP contribution in [-0.2, 0) is 0 Å². The largest absolute Gasteiger partial charge is 0.369 e. The van der Waals surface area contributed by atoms with Gasteiger partial charge in [0.1, 0.15) is 5.82 Å². The van der Waals surface area contributed by atoms with Crippen molar-refractivity contribution in [1.82, 2.24) is 19.9 Å². The van der Waals surface area contributed by atoms with E-state index in [1.165, 1.54) is 0 Å². The van der Waals surface area contributed by atoms with E-state index >= 15 is 0 Å². The molecule has 1 N–H and O–H groups in total. The van der Waals surface area contributed by atoms with Crippen molar-refractivity contribution in [1.29, 1.82) is 0 Å². The zero-order chi connectivity index (χ0) is 16.9. The molecule has 0 fully saturated rings. The van der Waals surface area contributed by atoms with Crippen LogP contribution in [0.5, 0.6) is 0 Å². The fourth-order valence-corrected chi connectivity index (χ4v) is 2.43. The van der Waals surface area contributed by atoms with Crippen LogP contribution in [0.3, 0.4) is 0 Å². The van der Waals surface area contributed by atoms with Gasteiger partial charge < -0.3 is 5.32 Å². The highest BCUT2D eigenvalue weighted by atomic mass is 19.1. The fraction of sp³-hybridized carbons (Fsp3) is 0.294. The van der Waals surface area contributed by atoms with Crippen molar-refractivity contribution in [2.24, 2.45) is 0 Å². The maximum absolute atomic E-state index is 14.0. The summed E-state index contributed by atoms with van der Waals surface area (Å²) in [6.07, 6.45) is 8.27. The third-order valence-corrected chi connectivity index (χ3v) is 3.65. The van der Waals surface area contributed by atoms with E-state index in [-0.39, 0.29) is 11.4 Å². The molecule has 0 aliphatic rings. The van der Waals surface area contributed by atoms with E-state index in [1.54, 1.807) is 18.5 Å². The Hall–Kier alpha value is -2.70. The van der Waals surface area contributed by atoms with Crippen molar-refractivity contribution in [3.8, 4) is 11.4 Å². The lowest BCUT2D eigenvalue weighted by Gasteiger charge is -2.11. The molecule has 5 nitrogen and oxygen atoms in total. The van der Waals surface area contributed by atoms with Crippen molar-refractivity contribution in [2.45, 2.75) is 26.2 Å². The fourth-order valence-electron chi connectivity index (χ4n) is 2.43. The Labute approximate surface area is 138 Å². The predicted octanol–water partition coefficient (Wildman–Crippen LogP) is 3.97. The number of pyridine rings is 2. The maximum atomic E-state index is 14.0. The molecule has 124 valence electrons. The molecule has 0 atom stereocenters. The number of nitrogens with zero attached hydrogens (tertiary/aromatic N) is 4. The standard InChI is InChI=1S/C17H17F2N5/c1-2-3-4-6-22-16-11-5-7-20-10-14(11)23-17(24-16)15-12(18)8-21-9-13(15)19/h5,7-10H,2-4,6H2,1H3,(H,22,23,24). The Bertz CT molecular complexity index is 833. The van der Waals surface area contributed by atoms with Crippen LogP contribution in [0.15, 0.2) is 30.9 Å². The van der Waals surface area contributed by atoms with Crippen LogP contribution in [-0.4, -0.2) is 26.5 Å². The van der Waals surface area contributed by atoms with E-state index < -0.39 is 11.6 Å². The smallest absolute Gasteiger partial charge is 0.168 e. The monoisotopic (exact) mass is 329 g/mol. The average Bonchev–Trinajstić information content (AvgIpc) is 2.58. The molecule has 0 aromatic carbocycles. The van der Waals surface area contributed by atoms with Gasteiger partial charge in [0.2, 0.25) is 0 Å². The third-order valence-electron chi connectivity index (χ3n) is 3.65. The third kappa shape index (κ3) is 3.29. The Morgan fingerprint density at radius 1 is 1.00 bits per heavy atom. The van der Waals surface area contributed by atoms with Crippen molar-refractivity contribution >= 4 is 16.7 Å². The lowest BCUT2D eigenvalue weighted by molar-refractivity contribution is 0.577. The second-order valence-corrected chi connectivity index (χ2v) is 5.40. The lowest BCUT2D eigenvalue weighted by atomic mass is 10.2. The van der Waals surface area contributed by atoms with Gasteiger partial charge in [-0.25, -0.2) is 18.7 Å². The van der Waals surface area contributed by atoms with Crippen LogP contribution in [0.25, 0.3) is 22.3 Å². The van der Waals surface area contributed by atoms with Gasteiger partial charge in [-0.2, -0.15) is 0 Å². The SMILES string of the molecule is CCCCCNc1nc(-c2c(F)cncc2F)nc2cnccc12. The van der Waals surface area contributed by atoms with Gasteiger partial charge in [-0.15, -0.1) is 0 Å². The van der Waals surface area contributed by atoms with E-state index in [1.807, 2.05) is 0 Å². The highest BCUT2D eigenvalue weighted by Crippen LogP contribution is 2.27. The van der Waals surface area contributed by atoms with E-state index in [0.717, 1.165) is 43.6 Å². The maximum Gasteiger partial charge on any atom is 0.168 e. The molecule has 0 spiro atoms. The normalized spacial score (nSPS) is 11.0. The summed E-state index contributed by atoms with van der Waals surface area (Å²) in [6.45, 7) is 2.85. The van der Waals surface area contributed by atoms with Gasteiger partial charge in [-0.05, 0) is 12.5 Å². The number of fused-ring (bicyclic) bond motifs is 1. The minimum atomic E-state index is -0.796. The summed E-state index contributed by atoms with van der Waals surface area (Å²) in [7, 11) is 0. The summed E-state index contributed by atoms with van der Waals surface area (Å²) in [4.78, 5) is 16.1. The summed E-state index contributed by atoms with van der Waals surface area (Å²) in [6, 6.07) is 1.78. The highest BCUT2D eigenvalue weighted by molar-refractivity contribution is 5.89. The Balaban J connectivity index is 2.06. The average molecular weight is 329 g/mol. The molecule has 0 unspecified atom stereocenters. The molecule has 0 bridgehead atoms. The second-order valence-electron chi connectivity index (χ2n) is 5.40. The van der Waals surface area contributed by atoms with Gasteiger partial charge in [0, 0.05) is 18.1 Å². The molecule has 7 heteroatoms. The molecule has 0 saturated carbocycles. The van der Waals surface area contributed by atoms with Crippen LogP contribution >= 0.6 is 0 Å². The van der Waals surface area contributed by atoms with Gasteiger partial charge in [0.15, 0.2) is 17.5 Å². The van der Waals surface area contributed by atoms with Crippen LogP contribution < -0.4 is 5.32 Å². The minimum Gasteiger partial charge on any atom is -0.369 e. The van der Waals surface area contributed by atoms with Crippen molar-refractivity contribution in [3.05, 3.63) is 42.5 Å². The van der Waals surface area contributed by atoms with Crippen LogP contribution in [0.4, 0.5) is 14.6 Å². The first-order valence-corrected chi connectivity index (χ1v) is 7.85. The molecule has 0 amide bonds. The van der Waals surface area contributed by atoms with E-state index in [0.29, 0.717) is 11.3 Å². The van der Waals surface area contributed by atoms with Crippen molar-refractivity contribution < 1.29 is 8.78 Å². The van der Waals surface area contributed by atoms with Gasteiger partial charge in [0.05, 0.1) is 29.7 Å². The van der Waals surface area contributed by atoms with E-state index in [4.69, 9.17) is 0 Å². The molecule has 3 aromatic heterocycles. The van der Waals surface area contributed by atoms with Crippen LogP contribution in [0, 0.1) is 11.6 Å². The van der Waals surface area contributed by atoms with E-state index in [2.05, 4.69) is 32.2 Å². The first kappa shape index (κ1) is 16.2. The molecule has 24 heavy (non-hydrogen) atoms. The van der Waals surface area contributed by atoms with Crippen LogP contribution in [0.1, 0.15) is 26.2 Å². The number of nitrogens with one attached hydrogen (secondary N) is 1. The number of anilines is 1. The number of hydrogen-bond acceptors (Lipinski definition) is 5. The summed E-state index contributed by atoms with van der Waals surface area (Å²) in [5.74, 6) is -1.07. The Morgan fingerprint density at radius 2 is 1.79 bits per heavy atom. The lowest BCUT2D eigenvalue weighted by Crippen LogP contribution is -2.07. The molecule has 3 rings (SSSR count). The molecule has 0 radical (unpaired) electrons. The van der Waals surface area contributed by atoms with Crippen molar-refractivity contribution in [3.63, 3.8) is 0 Å². The quantitative estimate of drug-likeness (QED) is 0.693. The molecular weight excluding hydrogens is 312 g/mol. The summed E-state index contributed by atoms with van der Waals surface area (Å²) < 4.78 is 28.0. The molecule has 0 aliphatic heterocycles. The summed E-state index contributed by atoms with van der Waals surface area (Å²) in [5.41, 5.74) is 0.239. The number of halogens is 2. The first-order valence-electron chi connectivity index (χ1n) is 7.85. The zero-order valence-corrected chi connectivity index (χ0v) is 13.3. The molecular formula is C17H17F2N5. The number of hydrogen-bond donors (Lipinski definition) is 1. The predicted molar refractivity (Wildman–Crippen MR) is 88.5 cm³/mol. The number of aromatic nitrogens is 4. The first-order chi connectivity index (χ1) is 11.7. The highest BCUT2D eigenvalue weighted by Gasteiger charge is 2.17. The molecule has 3 heterocycles. The van der Waals surface area contributed by atoms with Gasteiger partial charge in [-0.3, -0.25) is 9.97 Å². The summed E-state index contributed by atoms with van der Waals surface area (Å²) >= 11 is 0. The van der Waals surface area contributed by atoms with Crippen LogP contribution in [0.2, 0.25) is 0 Å².